The van der Waals surface area contributed by atoms with Crippen molar-refractivity contribution in [1.82, 2.24) is 30.4 Å². The summed E-state index contributed by atoms with van der Waals surface area (Å²) in [5.74, 6) is 1.21. The minimum Gasteiger partial charge on any atom is -0.494 e. The van der Waals surface area contributed by atoms with Crippen molar-refractivity contribution in [1.29, 1.82) is 0 Å². The van der Waals surface area contributed by atoms with Crippen LogP contribution in [0.2, 0.25) is 0 Å². The van der Waals surface area contributed by atoms with Crippen LogP contribution in [0, 0.1) is 0 Å². The second-order valence-corrected chi connectivity index (χ2v) is 10.2. The number of benzene rings is 2. The molecule has 0 amide bonds. The molecule has 12 heteroatoms. The maximum Gasteiger partial charge on any atom is 0.338 e. The van der Waals surface area contributed by atoms with Gasteiger partial charge in [-0.25, -0.2) is 4.79 Å². The number of nitrogens with one attached hydrogen (secondary N) is 1. The Morgan fingerprint density at radius 1 is 1.08 bits per heavy atom. The molecule has 1 aliphatic rings. The van der Waals surface area contributed by atoms with E-state index in [0.717, 1.165) is 32.6 Å². The van der Waals surface area contributed by atoms with E-state index >= 15 is 0 Å². The Balaban J connectivity index is 1.46. The lowest BCUT2D eigenvalue weighted by atomic mass is 9.95. The number of anilines is 1. The Kier molecular flexibility index (Phi) is 7.76. The predicted molar refractivity (Wildman–Crippen MR) is 142 cm³/mol. The number of fused-ring (bicyclic) bond motifs is 1. The first-order valence-electron chi connectivity index (χ1n) is 11.9. The molecule has 4 aromatic rings. The average molecular weight is 536 g/mol. The van der Waals surface area contributed by atoms with Crippen LogP contribution in [0.25, 0.3) is 10.6 Å². The van der Waals surface area contributed by atoms with Crippen molar-refractivity contribution >= 4 is 35.0 Å². The van der Waals surface area contributed by atoms with Crippen LogP contribution in [0.15, 0.2) is 70.2 Å². The number of esters is 1. The van der Waals surface area contributed by atoms with E-state index in [0.29, 0.717) is 29.6 Å². The summed E-state index contributed by atoms with van der Waals surface area (Å²) >= 11 is 2.99. The summed E-state index contributed by atoms with van der Waals surface area (Å²) in [5.41, 5.74) is 2.97. The minimum atomic E-state index is -0.560. The van der Waals surface area contributed by atoms with E-state index < -0.39 is 12.0 Å². The quantitative estimate of drug-likeness (QED) is 0.228. The van der Waals surface area contributed by atoms with Gasteiger partial charge in [0.2, 0.25) is 5.95 Å². The number of thioether (sulfide) groups is 1. The van der Waals surface area contributed by atoms with Crippen molar-refractivity contribution in [2.45, 2.75) is 30.6 Å². The number of nitrogens with zero attached hydrogens (tertiary/aromatic N) is 6. The van der Waals surface area contributed by atoms with Gasteiger partial charge in [0.1, 0.15) is 16.8 Å². The molecule has 1 atom stereocenters. The smallest absolute Gasteiger partial charge is 0.338 e. The van der Waals surface area contributed by atoms with Crippen molar-refractivity contribution in [2.24, 2.45) is 0 Å². The Bertz CT molecular complexity index is 1390. The van der Waals surface area contributed by atoms with Gasteiger partial charge in [0, 0.05) is 17.0 Å². The summed E-state index contributed by atoms with van der Waals surface area (Å²) < 4.78 is 13.6. The lowest BCUT2D eigenvalue weighted by molar-refractivity contribution is -0.139. The molecule has 0 saturated heterocycles. The third-order valence-corrected chi connectivity index (χ3v) is 7.66. The van der Waals surface area contributed by atoms with Gasteiger partial charge in [-0.1, -0.05) is 77.6 Å². The highest BCUT2D eigenvalue weighted by Gasteiger charge is 2.36. The van der Waals surface area contributed by atoms with Crippen LogP contribution in [0.4, 0.5) is 5.95 Å². The van der Waals surface area contributed by atoms with Gasteiger partial charge < -0.3 is 14.8 Å². The molecule has 5 rings (SSSR count). The molecular weight excluding hydrogens is 510 g/mol. The highest BCUT2D eigenvalue weighted by Crippen LogP contribution is 2.38. The summed E-state index contributed by atoms with van der Waals surface area (Å²) in [6.45, 7) is 4.73. The molecule has 37 heavy (non-hydrogen) atoms. The van der Waals surface area contributed by atoms with Crippen LogP contribution in [-0.2, 0) is 9.53 Å². The van der Waals surface area contributed by atoms with Crippen molar-refractivity contribution < 1.29 is 14.3 Å². The fraction of sp³-hybridized carbons (Fsp3) is 0.280. The van der Waals surface area contributed by atoms with Crippen LogP contribution in [0.3, 0.4) is 0 Å². The molecule has 0 saturated carbocycles. The first kappa shape index (κ1) is 24.9. The molecule has 3 heterocycles. The third-order valence-electron chi connectivity index (χ3n) is 5.53. The van der Waals surface area contributed by atoms with Gasteiger partial charge in [-0.05, 0) is 41.5 Å². The average Bonchev–Trinajstić information content (AvgIpc) is 3.60. The summed E-state index contributed by atoms with van der Waals surface area (Å²) in [6.07, 6.45) is 0.919. The van der Waals surface area contributed by atoms with E-state index in [9.17, 15) is 4.79 Å². The number of aromatic nitrogens is 6. The normalized spacial score (nSPS) is 14.7. The van der Waals surface area contributed by atoms with Crippen molar-refractivity contribution in [3.8, 4) is 16.3 Å². The van der Waals surface area contributed by atoms with Crippen LogP contribution in [0.5, 0.6) is 5.75 Å². The molecule has 10 nitrogen and oxygen atoms in total. The molecule has 0 unspecified atom stereocenters. The number of hydrogen-bond acceptors (Lipinski definition) is 11. The van der Waals surface area contributed by atoms with Crippen LogP contribution >= 0.6 is 23.1 Å². The molecule has 2 aromatic carbocycles. The Labute approximate surface area is 222 Å². The fourth-order valence-corrected chi connectivity index (χ4v) is 5.70. The fourth-order valence-electron chi connectivity index (χ4n) is 3.87. The highest BCUT2D eigenvalue weighted by molar-refractivity contribution is 8.01. The molecular formula is C25H25N7O3S2. The lowest BCUT2D eigenvalue weighted by Crippen LogP contribution is -2.31. The Morgan fingerprint density at radius 3 is 2.65 bits per heavy atom. The first-order chi connectivity index (χ1) is 18.2. The first-order valence-corrected chi connectivity index (χ1v) is 13.7. The number of rotatable bonds is 10. The standard InChI is InChI=1S/C25H25N7O3S2/c1-3-14-35-18-12-10-16(11-13-18)21-20(23(33)34-4-2)19(26-24-28-30-31-32(21)24)15-36-25-29-27-22(37-25)17-8-6-5-7-9-17/h5-13,21H,3-4,14-15H2,1-2H3,(H,26,28,31)/t21-/m0/s1. The SMILES string of the molecule is CCCOc1ccc([C@H]2C(C(=O)OCC)=C(CSc3nnc(-c4ccccc4)s3)Nc3nnnn32)cc1. The zero-order valence-corrected chi connectivity index (χ0v) is 22.0. The maximum absolute atomic E-state index is 13.3. The summed E-state index contributed by atoms with van der Waals surface area (Å²) in [7, 11) is 0. The van der Waals surface area contributed by atoms with Gasteiger partial charge in [-0.3, -0.25) is 0 Å². The summed E-state index contributed by atoms with van der Waals surface area (Å²) in [4.78, 5) is 13.3. The monoisotopic (exact) mass is 535 g/mol. The van der Waals surface area contributed by atoms with E-state index in [-0.39, 0.29) is 6.61 Å². The molecule has 190 valence electrons. The largest absolute Gasteiger partial charge is 0.494 e. The van der Waals surface area contributed by atoms with E-state index in [2.05, 4.69) is 38.0 Å². The molecule has 0 spiro atoms. The van der Waals surface area contributed by atoms with Gasteiger partial charge in [0.25, 0.3) is 0 Å². The highest BCUT2D eigenvalue weighted by atomic mass is 32.2. The van der Waals surface area contributed by atoms with Crippen LogP contribution in [0.1, 0.15) is 31.9 Å². The van der Waals surface area contributed by atoms with Crippen LogP contribution < -0.4 is 10.1 Å². The molecule has 0 fully saturated rings. The van der Waals surface area contributed by atoms with E-state index in [1.165, 1.54) is 23.1 Å². The minimum absolute atomic E-state index is 0.249. The van der Waals surface area contributed by atoms with Crippen LogP contribution in [-0.4, -0.2) is 55.3 Å². The zero-order valence-electron chi connectivity index (χ0n) is 20.3. The van der Waals surface area contributed by atoms with E-state index in [1.807, 2.05) is 54.6 Å². The predicted octanol–water partition coefficient (Wildman–Crippen LogP) is 4.60. The van der Waals surface area contributed by atoms with Gasteiger partial charge in [-0.2, -0.15) is 4.68 Å². The van der Waals surface area contributed by atoms with Gasteiger partial charge in [0.15, 0.2) is 4.34 Å². The zero-order chi connectivity index (χ0) is 25.6. The van der Waals surface area contributed by atoms with Crippen molar-refractivity contribution in [3.63, 3.8) is 0 Å². The van der Waals surface area contributed by atoms with Gasteiger partial charge in [0.05, 0.1) is 18.8 Å². The van der Waals surface area contributed by atoms with E-state index in [1.54, 1.807) is 11.6 Å². The molecule has 0 radical (unpaired) electrons. The second kappa shape index (κ2) is 11.5. The molecule has 1 aliphatic heterocycles. The van der Waals surface area contributed by atoms with E-state index in [4.69, 9.17) is 9.47 Å². The number of carbonyl (C=O) groups is 1. The third kappa shape index (κ3) is 5.49. The summed E-state index contributed by atoms with van der Waals surface area (Å²) in [5, 5.41) is 24.9. The van der Waals surface area contributed by atoms with Gasteiger partial charge in [-0.15, -0.1) is 10.2 Å². The van der Waals surface area contributed by atoms with Gasteiger partial charge >= 0.3 is 5.97 Å². The Hall–Kier alpha value is -3.77. The lowest BCUT2D eigenvalue weighted by Gasteiger charge is -2.28. The second-order valence-electron chi connectivity index (χ2n) is 8.03. The molecule has 1 N–H and O–H groups in total. The molecule has 0 aliphatic carbocycles. The van der Waals surface area contributed by atoms with Crippen molar-refractivity contribution in [2.75, 3.05) is 24.3 Å². The number of hydrogen-bond donors (Lipinski definition) is 1. The maximum atomic E-state index is 13.3. The topological polar surface area (TPSA) is 117 Å². The molecule has 2 aromatic heterocycles. The Morgan fingerprint density at radius 2 is 1.89 bits per heavy atom. The number of tetrazole rings is 1. The van der Waals surface area contributed by atoms with Crippen molar-refractivity contribution in [3.05, 3.63) is 71.4 Å². The number of carbonyl (C=O) groups excluding carboxylic acids is 1. The summed E-state index contributed by atoms with van der Waals surface area (Å²) in [6, 6.07) is 17.0. The molecule has 0 bridgehead atoms. The number of ether oxygens (including phenoxy) is 2.